The van der Waals surface area contributed by atoms with Crippen LogP contribution in [0.15, 0.2) is 36.4 Å². The van der Waals surface area contributed by atoms with Crippen molar-refractivity contribution in [3.05, 3.63) is 47.5 Å². The Bertz CT molecular complexity index is 860. The molecule has 0 aromatic heterocycles. The van der Waals surface area contributed by atoms with Gasteiger partial charge < -0.3 is 45.2 Å². The van der Waals surface area contributed by atoms with Gasteiger partial charge in [0, 0.05) is 6.07 Å². The average molecular weight is 406 g/mol. The first-order valence-electron chi connectivity index (χ1n) is 8.80. The van der Waals surface area contributed by atoms with Crippen molar-refractivity contribution >= 4 is 12.2 Å². The molecule has 0 spiro atoms. The van der Waals surface area contributed by atoms with Crippen molar-refractivity contribution in [1.29, 1.82) is 0 Å². The topological polar surface area (TPSA) is 160 Å². The summed E-state index contributed by atoms with van der Waals surface area (Å²) < 4.78 is 10.7. The van der Waals surface area contributed by atoms with Crippen LogP contribution in [0.4, 0.5) is 0 Å². The molecule has 5 atom stereocenters. The quantitative estimate of drug-likeness (QED) is 0.343. The van der Waals surface area contributed by atoms with Gasteiger partial charge in [0.05, 0.1) is 6.61 Å². The Morgan fingerprint density at radius 2 is 1.48 bits per heavy atom. The fraction of sp³-hybridized carbons (Fsp3) is 0.300. The van der Waals surface area contributed by atoms with Crippen LogP contribution in [0.25, 0.3) is 12.2 Å². The maximum Gasteiger partial charge on any atom is 0.229 e. The van der Waals surface area contributed by atoms with Crippen LogP contribution in [0.3, 0.4) is 0 Å². The number of hydrogen-bond acceptors (Lipinski definition) is 9. The molecule has 0 radical (unpaired) electrons. The molecule has 29 heavy (non-hydrogen) atoms. The summed E-state index contributed by atoms with van der Waals surface area (Å²) in [5.41, 5.74) is 1.11. The van der Waals surface area contributed by atoms with E-state index in [1.165, 1.54) is 30.3 Å². The van der Waals surface area contributed by atoms with Crippen molar-refractivity contribution in [2.75, 3.05) is 6.61 Å². The molecule has 7 N–H and O–H groups in total. The molecule has 0 bridgehead atoms. The van der Waals surface area contributed by atoms with Crippen molar-refractivity contribution in [2.45, 2.75) is 30.7 Å². The van der Waals surface area contributed by atoms with E-state index in [0.717, 1.165) is 0 Å². The number of ether oxygens (including phenoxy) is 2. The van der Waals surface area contributed by atoms with Crippen molar-refractivity contribution in [3.8, 4) is 23.0 Å². The highest BCUT2D eigenvalue weighted by atomic mass is 16.7. The third-order valence-corrected chi connectivity index (χ3v) is 4.47. The Balaban J connectivity index is 1.79. The molecule has 156 valence electrons. The van der Waals surface area contributed by atoms with Crippen LogP contribution in [0, 0.1) is 0 Å². The van der Waals surface area contributed by atoms with Crippen molar-refractivity contribution in [3.63, 3.8) is 0 Å². The zero-order chi connectivity index (χ0) is 21.1. The van der Waals surface area contributed by atoms with Crippen LogP contribution in [-0.4, -0.2) is 73.1 Å². The zero-order valence-electron chi connectivity index (χ0n) is 15.2. The van der Waals surface area contributed by atoms with E-state index in [9.17, 15) is 35.7 Å². The van der Waals surface area contributed by atoms with Gasteiger partial charge in [0.25, 0.3) is 0 Å². The van der Waals surface area contributed by atoms with Gasteiger partial charge in [0.2, 0.25) is 6.29 Å². The van der Waals surface area contributed by atoms with Gasteiger partial charge in [-0.3, -0.25) is 0 Å². The second kappa shape index (κ2) is 8.68. The number of aliphatic hydroxyl groups is 4. The SMILES string of the molecule is OC[C@H]1O[C@H](Oc2cc(/C=C/c3cc(O)cc(O)c3)ccc2O)[C@H](O)[C@@H](O)[C@@H]1O. The average Bonchev–Trinajstić information content (AvgIpc) is 2.68. The third kappa shape index (κ3) is 4.78. The predicted molar refractivity (Wildman–Crippen MR) is 101 cm³/mol. The lowest BCUT2D eigenvalue weighted by Gasteiger charge is -2.39. The zero-order valence-corrected chi connectivity index (χ0v) is 15.2. The summed E-state index contributed by atoms with van der Waals surface area (Å²) in [6, 6.07) is 8.46. The first kappa shape index (κ1) is 20.9. The lowest BCUT2D eigenvalue weighted by atomic mass is 9.99. The minimum atomic E-state index is -1.61. The maximum atomic E-state index is 10.1. The van der Waals surface area contributed by atoms with Gasteiger partial charge in [-0.05, 0) is 35.4 Å². The van der Waals surface area contributed by atoms with Crippen LogP contribution in [0.1, 0.15) is 11.1 Å². The first-order valence-corrected chi connectivity index (χ1v) is 8.80. The molecule has 0 saturated carbocycles. The fourth-order valence-electron chi connectivity index (χ4n) is 2.93. The Morgan fingerprint density at radius 3 is 2.14 bits per heavy atom. The Hall–Kier alpha value is -2.82. The largest absolute Gasteiger partial charge is 0.508 e. The molecule has 1 heterocycles. The molecule has 3 rings (SSSR count). The highest BCUT2D eigenvalue weighted by Gasteiger charge is 2.44. The number of hydrogen-bond donors (Lipinski definition) is 7. The van der Waals surface area contributed by atoms with E-state index in [1.807, 2.05) is 0 Å². The maximum absolute atomic E-state index is 10.1. The van der Waals surface area contributed by atoms with Crippen LogP contribution < -0.4 is 4.74 Å². The van der Waals surface area contributed by atoms with E-state index in [1.54, 1.807) is 18.2 Å². The van der Waals surface area contributed by atoms with Gasteiger partial charge in [-0.25, -0.2) is 0 Å². The smallest absolute Gasteiger partial charge is 0.229 e. The fourth-order valence-corrected chi connectivity index (χ4v) is 2.93. The normalized spacial score (nSPS) is 27.2. The second-order valence-electron chi connectivity index (χ2n) is 6.66. The second-order valence-corrected chi connectivity index (χ2v) is 6.66. The van der Waals surface area contributed by atoms with E-state index in [-0.39, 0.29) is 23.0 Å². The van der Waals surface area contributed by atoms with E-state index in [2.05, 4.69) is 0 Å². The van der Waals surface area contributed by atoms with Gasteiger partial charge >= 0.3 is 0 Å². The molecule has 1 aliphatic heterocycles. The number of phenols is 3. The summed E-state index contributed by atoms with van der Waals surface area (Å²) in [6.45, 7) is -0.601. The summed E-state index contributed by atoms with van der Waals surface area (Å²) in [7, 11) is 0. The van der Waals surface area contributed by atoms with Gasteiger partial charge in [-0.1, -0.05) is 18.2 Å². The molecule has 1 fully saturated rings. The number of aliphatic hydroxyl groups excluding tert-OH is 4. The summed E-state index contributed by atoms with van der Waals surface area (Å²) in [4.78, 5) is 0. The molecule has 2 aromatic carbocycles. The van der Waals surface area contributed by atoms with Crippen molar-refractivity contribution in [2.24, 2.45) is 0 Å². The van der Waals surface area contributed by atoms with Gasteiger partial charge in [-0.15, -0.1) is 0 Å². The summed E-state index contributed by atoms with van der Waals surface area (Å²) >= 11 is 0. The summed E-state index contributed by atoms with van der Waals surface area (Å²) in [5.74, 6) is -0.506. The minimum Gasteiger partial charge on any atom is -0.508 e. The van der Waals surface area contributed by atoms with E-state index in [0.29, 0.717) is 11.1 Å². The number of phenolic OH excluding ortho intramolecular Hbond substituents is 3. The number of rotatable bonds is 5. The highest BCUT2D eigenvalue weighted by molar-refractivity contribution is 5.72. The molecule has 9 heteroatoms. The predicted octanol–water partition coefficient (Wildman–Crippen LogP) is 0.152. The van der Waals surface area contributed by atoms with Crippen molar-refractivity contribution in [1.82, 2.24) is 0 Å². The van der Waals surface area contributed by atoms with Crippen LogP contribution in [0.2, 0.25) is 0 Å². The first-order chi connectivity index (χ1) is 13.8. The van der Waals surface area contributed by atoms with Gasteiger partial charge in [0.1, 0.15) is 35.9 Å². The minimum absolute atomic E-state index is 0.0600. The monoisotopic (exact) mass is 406 g/mol. The van der Waals surface area contributed by atoms with E-state index >= 15 is 0 Å². The molecule has 9 nitrogen and oxygen atoms in total. The van der Waals surface area contributed by atoms with E-state index < -0.39 is 37.3 Å². The highest BCUT2D eigenvalue weighted by Crippen LogP contribution is 2.32. The Labute approximate surface area is 165 Å². The molecule has 0 unspecified atom stereocenters. The third-order valence-electron chi connectivity index (χ3n) is 4.47. The molecular weight excluding hydrogens is 384 g/mol. The van der Waals surface area contributed by atoms with Crippen LogP contribution in [-0.2, 0) is 4.74 Å². The summed E-state index contributed by atoms with van der Waals surface area (Å²) in [6.07, 6.45) is -4.05. The van der Waals surface area contributed by atoms with Gasteiger partial charge in [-0.2, -0.15) is 0 Å². The molecule has 2 aromatic rings. The number of benzene rings is 2. The standard InChI is InChI=1S/C20H22O9/c21-9-16-17(25)18(26)19(27)20(29-16)28-15-7-10(3-4-14(15)24)1-2-11-5-12(22)8-13(23)6-11/h1-8,16-27H,9H2/b2-1+/t16-,17-,18+,19-,20+/m1/s1. The molecule has 0 aliphatic carbocycles. The molecule has 1 saturated heterocycles. The lowest BCUT2D eigenvalue weighted by molar-refractivity contribution is -0.277. The Morgan fingerprint density at radius 1 is 0.828 bits per heavy atom. The van der Waals surface area contributed by atoms with Crippen molar-refractivity contribution < 1.29 is 45.2 Å². The lowest BCUT2D eigenvalue weighted by Crippen LogP contribution is -2.60. The van der Waals surface area contributed by atoms with E-state index in [4.69, 9.17) is 9.47 Å². The number of aromatic hydroxyl groups is 3. The molecule has 0 amide bonds. The van der Waals surface area contributed by atoms with Gasteiger partial charge in [0.15, 0.2) is 11.5 Å². The summed E-state index contributed by atoms with van der Waals surface area (Å²) in [5, 5.41) is 68.0. The molecular formula is C20H22O9. The Kier molecular flexibility index (Phi) is 6.26. The molecule has 1 aliphatic rings. The van der Waals surface area contributed by atoms with Crippen LogP contribution >= 0.6 is 0 Å². The van der Waals surface area contributed by atoms with Crippen LogP contribution in [0.5, 0.6) is 23.0 Å².